The molecule has 25 heavy (non-hydrogen) atoms. The monoisotopic (exact) mass is 454 g/mol. The van der Waals surface area contributed by atoms with Crippen LogP contribution < -0.4 is 15.4 Å². The van der Waals surface area contributed by atoms with E-state index >= 15 is 0 Å². The molecular weight excluding hydrogens is 427 g/mol. The van der Waals surface area contributed by atoms with E-state index in [1.165, 1.54) is 5.56 Å². The summed E-state index contributed by atoms with van der Waals surface area (Å²) in [5.41, 5.74) is 3.16. The topological polar surface area (TPSA) is 58.5 Å². The Morgan fingerprint density at radius 3 is 2.64 bits per heavy atom. The summed E-state index contributed by atoms with van der Waals surface area (Å²) in [6, 6.07) is 14.1. The molecule has 6 heteroatoms. The fraction of sp³-hybridized carbons (Fsp3) is 0.368. The first-order valence-corrected chi connectivity index (χ1v) is 8.29. The number of guanidine groups is 1. The van der Waals surface area contributed by atoms with Crippen LogP contribution in [0, 0.1) is 6.92 Å². The smallest absolute Gasteiger partial charge is 0.191 e. The second kappa shape index (κ2) is 11.7. The number of aliphatic imine (C=N–C) groups is 1. The fourth-order valence-corrected chi connectivity index (χ4v) is 2.41. The van der Waals surface area contributed by atoms with Gasteiger partial charge in [0.1, 0.15) is 5.75 Å². The number of benzene rings is 1. The Balaban J connectivity index is 0.00000312. The van der Waals surface area contributed by atoms with E-state index in [1.807, 2.05) is 43.3 Å². The standard InChI is InChI=1S/C19H26N4O.HI/c1-4-20-19(22-14-17-10-7-8-15(2)23-17)21-13-12-16-9-5-6-11-18(16)24-3;/h5-11H,4,12-14H2,1-3H3,(H2,20,21,22);1H. The summed E-state index contributed by atoms with van der Waals surface area (Å²) >= 11 is 0. The number of para-hydroxylation sites is 1. The van der Waals surface area contributed by atoms with E-state index in [1.54, 1.807) is 7.11 Å². The summed E-state index contributed by atoms with van der Waals surface area (Å²) in [5.74, 6) is 1.72. The van der Waals surface area contributed by atoms with Crippen LogP contribution >= 0.6 is 24.0 Å². The van der Waals surface area contributed by atoms with E-state index in [0.717, 1.165) is 42.6 Å². The Hall–Kier alpha value is -1.83. The largest absolute Gasteiger partial charge is 0.496 e. The summed E-state index contributed by atoms with van der Waals surface area (Å²) in [6.45, 7) is 6.22. The number of halogens is 1. The first-order valence-electron chi connectivity index (χ1n) is 8.29. The minimum Gasteiger partial charge on any atom is -0.496 e. The Labute approximate surface area is 167 Å². The Kier molecular flexibility index (Phi) is 9.91. The maximum Gasteiger partial charge on any atom is 0.191 e. The molecule has 0 radical (unpaired) electrons. The van der Waals surface area contributed by atoms with Gasteiger partial charge in [0.15, 0.2) is 5.96 Å². The highest BCUT2D eigenvalue weighted by Crippen LogP contribution is 2.17. The van der Waals surface area contributed by atoms with Crippen molar-refractivity contribution in [2.24, 2.45) is 4.99 Å². The highest BCUT2D eigenvalue weighted by atomic mass is 127. The Morgan fingerprint density at radius 1 is 1.12 bits per heavy atom. The predicted molar refractivity (Wildman–Crippen MR) is 114 cm³/mol. The van der Waals surface area contributed by atoms with Crippen LogP contribution in [-0.4, -0.2) is 31.1 Å². The van der Waals surface area contributed by atoms with Gasteiger partial charge in [-0.2, -0.15) is 0 Å². The van der Waals surface area contributed by atoms with Crippen LogP contribution in [0.1, 0.15) is 23.9 Å². The Morgan fingerprint density at radius 2 is 1.92 bits per heavy atom. The number of rotatable bonds is 7. The van der Waals surface area contributed by atoms with Crippen LogP contribution in [0.4, 0.5) is 0 Å². The quantitative estimate of drug-likeness (QED) is 0.383. The van der Waals surface area contributed by atoms with Gasteiger partial charge in [0, 0.05) is 18.8 Å². The second-order valence-corrected chi connectivity index (χ2v) is 5.45. The molecule has 0 spiro atoms. The second-order valence-electron chi connectivity index (χ2n) is 5.45. The molecule has 0 amide bonds. The molecule has 1 aromatic heterocycles. The molecule has 0 bridgehead atoms. The zero-order valence-corrected chi connectivity index (χ0v) is 17.4. The summed E-state index contributed by atoms with van der Waals surface area (Å²) in [5, 5.41) is 6.62. The zero-order chi connectivity index (χ0) is 17.2. The van der Waals surface area contributed by atoms with Crippen molar-refractivity contribution in [2.75, 3.05) is 20.2 Å². The van der Waals surface area contributed by atoms with E-state index in [4.69, 9.17) is 4.74 Å². The normalized spacial score (nSPS) is 10.8. The van der Waals surface area contributed by atoms with E-state index in [2.05, 4.69) is 33.6 Å². The van der Waals surface area contributed by atoms with Crippen molar-refractivity contribution < 1.29 is 4.74 Å². The lowest BCUT2D eigenvalue weighted by atomic mass is 10.1. The number of hydrogen-bond acceptors (Lipinski definition) is 3. The molecule has 0 unspecified atom stereocenters. The third-order valence-corrected chi connectivity index (χ3v) is 3.57. The molecule has 0 aliphatic carbocycles. The lowest BCUT2D eigenvalue weighted by Gasteiger charge is -2.12. The van der Waals surface area contributed by atoms with Gasteiger partial charge < -0.3 is 15.4 Å². The van der Waals surface area contributed by atoms with Crippen LogP contribution in [0.5, 0.6) is 5.75 Å². The number of methoxy groups -OCH3 is 1. The van der Waals surface area contributed by atoms with Gasteiger partial charge in [-0.15, -0.1) is 24.0 Å². The van der Waals surface area contributed by atoms with Gasteiger partial charge in [-0.25, -0.2) is 4.99 Å². The molecule has 0 saturated heterocycles. The number of aryl methyl sites for hydroxylation is 1. The first kappa shape index (κ1) is 21.2. The number of pyridine rings is 1. The fourth-order valence-electron chi connectivity index (χ4n) is 2.41. The zero-order valence-electron chi connectivity index (χ0n) is 15.1. The highest BCUT2D eigenvalue weighted by molar-refractivity contribution is 14.0. The van der Waals surface area contributed by atoms with Gasteiger partial charge in [-0.05, 0) is 44.0 Å². The van der Waals surface area contributed by atoms with Crippen LogP contribution in [-0.2, 0) is 13.0 Å². The minimum absolute atomic E-state index is 0. The van der Waals surface area contributed by atoms with Crippen LogP contribution in [0.2, 0.25) is 0 Å². The highest BCUT2D eigenvalue weighted by Gasteiger charge is 2.03. The SMILES string of the molecule is CCNC(=NCc1cccc(C)n1)NCCc1ccccc1OC.I. The first-order chi connectivity index (χ1) is 11.7. The summed E-state index contributed by atoms with van der Waals surface area (Å²) in [4.78, 5) is 9.08. The van der Waals surface area contributed by atoms with E-state index < -0.39 is 0 Å². The predicted octanol–water partition coefficient (Wildman–Crippen LogP) is 3.31. The molecule has 1 aromatic carbocycles. The molecule has 5 nitrogen and oxygen atoms in total. The van der Waals surface area contributed by atoms with E-state index in [-0.39, 0.29) is 24.0 Å². The van der Waals surface area contributed by atoms with Crippen molar-refractivity contribution in [3.05, 3.63) is 59.4 Å². The molecule has 0 fully saturated rings. The molecular formula is C19H27IN4O. The van der Waals surface area contributed by atoms with Crippen molar-refractivity contribution in [1.29, 1.82) is 0 Å². The van der Waals surface area contributed by atoms with Crippen molar-refractivity contribution in [3.63, 3.8) is 0 Å². The van der Waals surface area contributed by atoms with Gasteiger partial charge in [0.2, 0.25) is 0 Å². The van der Waals surface area contributed by atoms with Gasteiger partial charge in [0.05, 0.1) is 19.3 Å². The summed E-state index contributed by atoms with van der Waals surface area (Å²) in [6.07, 6.45) is 0.872. The molecule has 2 N–H and O–H groups in total. The van der Waals surface area contributed by atoms with E-state index in [0.29, 0.717) is 6.54 Å². The lowest BCUT2D eigenvalue weighted by molar-refractivity contribution is 0.409. The number of nitrogens with one attached hydrogen (secondary N) is 2. The third kappa shape index (κ3) is 7.29. The molecule has 1 heterocycles. The van der Waals surface area contributed by atoms with Crippen molar-refractivity contribution in [1.82, 2.24) is 15.6 Å². The summed E-state index contributed by atoms with van der Waals surface area (Å²) in [7, 11) is 1.70. The van der Waals surface area contributed by atoms with Crippen LogP contribution in [0.3, 0.4) is 0 Å². The summed E-state index contributed by atoms with van der Waals surface area (Å²) < 4.78 is 5.38. The molecule has 0 aliphatic rings. The minimum atomic E-state index is 0. The number of nitrogens with zero attached hydrogens (tertiary/aromatic N) is 2. The number of ether oxygens (including phenoxy) is 1. The van der Waals surface area contributed by atoms with Crippen LogP contribution in [0.25, 0.3) is 0 Å². The van der Waals surface area contributed by atoms with Gasteiger partial charge in [-0.1, -0.05) is 24.3 Å². The van der Waals surface area contributed by atoms with Gasteiger partial charge in [0.25, 0.3) is 0 Å². The molecule has 136 valence electrons. The molecule has 2 aromatic rings. The average Bonchev–Trinajstić information content (AvgIpc) is 2.60. The van der Waals surface area contributed by atoms with Gasteiger partial charge >= 0.3 is 0 Å². The molecule has 0 atom stereocenters. The van der Waals surface area contributed by atoms with Gasteiger partial charge in [-0.3, -0.25) is 4.98 Å². The number of aromatic nitrogens is 1. The molecule has 0 saturated carbocycles. The average molecular weight is 454 g/mol. The maximum atomic E-state index is 5.38. The third-order valence-electron chi connectivity index (χ3n) is 3.57. The maximum absolute atomic E-state index is 5.38. The van der Waals surface area contributed by atoms with E-state index in [9.17, 15) is 0 Å². The van der Waals surface area contributed by atoms with Crippen molar-refractivity contribution in [3.8, 4) is 5.75 Å². The van der Waals surface area contributed by atoms with Crippen molar-refractivity contribution >= 4 is 29.9 Å². The molecule has 2 rings (SSSR count). The number of hydrogen-bond donors (Lipinski definition) is 2. The van der Waals surface area contributed by atoms with Crippen molar-refractivity contribution in [2.45, 2.75) is 26.8 Å². The van der Waals surface area contributed by atoms with Crippen LogP contribution in [0.15, 0.2) is 47.5 Å². The lowest BCUT2D eigenvalue weighted by Crippen LogP contribution is -2.38. The Bertz CT molecular complexity index is 676. The molecule has 0 aliphatic heterocycles.